The van der Waals surface area contributed by atoms with Gasteiger partial charge in [0.15, 0.2) is 0 Å². The Morgan fingerprint density at radius 3 is 2.34 bits per heavy atom. The average molecular weight is 428 g/mol. The number of thiazole rings is 1. The molecule has 6 nitrogen and oxygen atoms in total. The average Bonchev–Trinajstić information content (AvgIpc) is 3.39. The van der Waals surface area contributed by atoms with Crippen LogP contribution >= 0.6 is 11.3 Å². The van der Waals surface area contributed by atoms with Gasteiger partial charge in [-0.3, -0.25) is 4.79 Å². The van der Waals surface area contributed by atoms with Crippen molar-refractivity contribution in [1.82, 2.24) is 9.29 Å². The minimum Gasteiger partial charge on any atom is -0.321 e. The zero-order valence-corrected chi connectivity index (χ0v) is 17.6. The van der Waals surface area contributed by atoms with Crippen molar-refractivity contribution >= 4 is 33.0 Å². The first-order valence-corrected chi connectivity index (χ1v) is 11.7. The Kier molecular flexibility index (Phi) is 5.49. The largest absolute Gasteiger partial charge is 0.321 e. The summed E-state index contributed by atoms with van der Waals surface area (Å²) in [6, 6.07) is 15.9. The Labute approximate surface area is 174 Å². The van der Waals surface area contributed by atoms with Gasteiger partial charge in [0.05, 0.1) is 15.6 Å². The van der Waals surface area contributed by atoms with Crippen LogP contribution in [0.2, 0.25) is 0 Å². The van der Waals surface area contributed by atoms with Crippen molar-refractivity contribution in [3.8, 4) is 11.3 Å². The molecule has 1 aliphatic heterocycles. The topological polar surface area (TPSA) is 79.4 Å². The van der Waals surface area contributed by atoms with Gasteiger partial charge in [0, 0.05) is 24.3 Å². The van der Waals surface area contributed by atoms with Gasteiger partial charge in [-0.2, -0.15) is 4.31 Å². The predicted molar refractivity (Wildman–Crippen MR) is 115 cm³/mol. The monoisotopic (exact) mass is 427 g/mol. The Bertz CT molecular complexity index is 1120. The van der Waals surface area contributed by atoms with E-state index >= 15 is 0 Å². The van der Waals surface area contributed by atoms with Crippen LogP contribution in [0.1, 0.15) is 27.5 Å². The van der Waals surface area contributed by atoms with E-state index in [0.29, 0.717) is 29.3 Å². The zero-order chi connectivity index (χ0) is 20.4. The lowest BCUT2D eigenvalue weighted by molar-refractivity contribution is 0.103. The van der Waals surface area contributed by atoms with E-state index in [-0.39, 0.29) is 10.8 Å². The van der Waals surface area contributed by atoms with E-state index in [0.717, 1.165) is 23.4 Å². The van der Waals surface area contributed by atoms with E-state index in [1.165, 1.54) is 15.6 Å². The highest BCUT2D eigenvalue weighted by Crippen LogP contribution is 2.29. The summed E-state index contributed by atoms with van der Waals surface area (Å²) < 4.78 is 26.8. The number of aryl methyl sites for hydroxylation is 1. The second-order valence-corrected chi connectivity index (χ2v) is 10.0. The van der Waals surface area contributed by atoms with Gasteiger partial charge in [-0.05, 0) is 44.0 Å². The van der Waals surface area contributed by atoms with Crippen molar-refractivity contribution in [3.63, 3.8) is 0 Å². The summed E-state index contributed by atoms with van der Waals surface area (Å²) in [4.78, 5) is 18.1. The molecule has 1 aromatic heterocycles. The fourth-order valence-corrected chi connectivity index (χ4v) is 5.70. The molecule has 0 aliphatic carbocycles. The SMILES string of the molecule is Cc1nc(-c2ccccc2)c(C(=O)Nc2ccc(S(=O)(=O)N3CCCC3)cc2)s1. The molecule has 3 aromatic rings. The molecule has 0 unspecified atom stereocenters. The van der Waals surface area contributed by atoms with E-state index in [2.05, 4.69) is 10.3 Å². The Hall–Kier alpha value is -2.55. The Morgan fingerprint density at radius 2 is 1.69 bits per heavy atom. The number of carbonyl (C=O) groups is 1. The standard InChI is InChI=1S/C21H21N3O3S2/c1-15-22-19(16-7-3-2-4-8-16)20(28-15)21(25)23-17-9-11-18(12-10-17)29(26,27)24-13-5-6-14-24/h2-4,7-12H,5-6,13-14H2,1H3,(H,23,25). The van der Waals surface area contributed by atoms with Crippen LogP contribution in [0.5, 0.6) is 0 Å². The first kappa shape index (κ1) is 19.8. The maximum atomic E-state index is 12.8. The summed E-state index contributed by atoms with van der Waals surface area (Å²) in [5.74, 6) is -0.260. The van der Waals surface area contributed by atoms with Gasteiger partial charge < -0.3 is 5.32 Å². The maximum Gasteiger partial charge on any atom is 0.268 e. The van der Waals surface area contributed by atoms with Crippen molar-refractivity contribution in [3.05, 3.63) is 64.5 Å². The number of aromatic nitrogens is 1. The van der Waals surface area contributed by atoms with Crippen LogP contribution in [-0.2, 0) is 10.0 Å². The molecule has 8 heteroatoms. The molecule has 2 heterocycles. The molecule has 0 saturated carbocycles. The molecule has 0 radical (unpaired) electrons. The molecule has 0 atom stereocenters. The van der Waals surface area contributed by atoms with Gasteiger partial charge in [0.2, 0.25) is 10.0 Å². The van der Waals surface area contributed by atoms with Crippen LogP contribution in [0.4, 0.5) is 5.69 Å². The van der Waals surface area contributed by atoms with Crippen LogP contribution in [0.15, 0.2) is 59.5 Å². The van der Waals surface area contributed by atoms with Gasteiger partial charge in [0.25, 0.3) is 5.91 Å². The summed E-state index contributed by atoms with van der Waals surface area (Å²) in [6.45, 7) is 2.99. The molecular formula is C21H21N3O3S2. The summed E-state index contributed by atoms with van der Waals surface area (Å²) in [7, 11) is -3.46. The van der Waals surface area contributed by atoms with Gasteiger partial charge in [-0.15, -0.1) is 11.3 Å². The van der Waals surface area contributed by atoms with Crippen molar-refractivity contribution in [2.75, 3.05) is 18.4 Å². The Morgan fingerprint density at radius 1 is 1.03 bits per heavy atom. The lowest BCUT2D eigenvalue weighted by Gasteiger charge is -2.15. The molecule has 0 bridgehead atoms. The highest BCUT2D eigenvalue weighted by Gasteiger charge is 2.27. The first-order valence-electron chi connectivity index (χ1n) is 9.39. The molecule has 1 amide bonds. The molecule has 1 saturated heterocycles. The van der Waals surface area contributed by atoms with Crippen LogP contribution in [-0.4, -0.2) is 36.7 Å². The van der Waals surface area contributed by atoms with E-state index in [1.807, 2.05) is 37.3 Å². The van der Waals surface area contributed by atoms with Gasteiger partial charge >= 0.3 is 0 Å². The molecular weight excluding hydrogens is 406 g/mol. The second kappa shape index (κ2) is 8.06. The number of hydrogen-bond donors (Lipinski definition) is 1. The highest BCUT2D eigenvalue weighted by molar-refractivity contribution is 7.89. The molecule has 0 spiro atoms. The summed E-state index contributed by atoms with van der Waals surface area (Å²) in [5.41, 5.74) is 2.08. The number of nitrogens with zero attached hydrogens (tertiary/aromatic N) is 2. The zero-order valence-electron chi connectivity index (χ0n) is 16.0. The molecule has 1 N–H and O–H groups in total. The predicted octanol–water partition coefficient (Wildman–Crippen LogP) is 4.16. The normalized spacial score (nSPS) is 14.8. The smallest absolute Gasteiger partial charge is 0.268 e. The van der Waals surface area contributed by atoms with Gasteiger partial charge in [-0.25, -0.2) is 13.4 Å². The summed E-state index contributed by atoms with van der Waals surface area (Å²) in [5, 5.41) is 3.66. The highest BCUT2D eigenvalue weighted by atomic mass is 32.2. The number of anilines is 1. The quantitative estimate of drug-likeness (QED) is 0.663. The number of sulfonamides is 1. The molecule has 2 aromatic carbocycles. The molecule has 150 valence electrons. The van der Waals surface area contributed by atoms with Crippen LogP contribution in [0, 0.1) is 6.92 Å². The van der Waals surface area contributed by atoms with Crippen LogP contribution in [0.25, 0.3) is 11.3 Å². The first-order chi connectivity index (χ1) is 13.9. The van der Waals surface area contributed by atoms with Gasteiger partial charge in [-0.1, -0.05) is 30.3 Å². The van der Waals surface area contributed by atoms with Crippen molar-refractivity contribution in [1.29, 1.82) is 0 Å². The summed E-state index contributed by atoms with van der Waals surface area (Å²) >= 11 is 1.34. The van der Waals surface area contributed by atoms with Crippen molar-refractivity contribution in [2.24, 2.45) is 0 Å². The number of hydrogen-bond acceptors (Lipinski definition) is 5. The fraction of sp³-hybridized carbons (Fsp3) is 0.238. The van der Waals surface area contributed by atoms with Crippen LogP contribution < -0.4 is 5.32 Å². The van der Waals surface area contributed by atoms with E-state index in [1.54, 1.807) is 24.3 Å². The molecule has 1 aliphatic rings. The van der Waals surface area contributed by atoms with E-state index in [9.17, 15) is 13.2 Å². The number of carbonyl (C=O) groups excluding carboxylic acids is 1. The lowest BCUT2D eigenvalue weighted by Crippen LogP contribution is -2.27. The number of nitrogens with one attached hydrogen (secondary N) is 1. The van der Waals surface area contributed by atoms with Crippen LogP contribution in [0.3, 0.4) is 0 Å². The second-order valence-electron chi connectivity index (χ2n) is 6.87. The molecule has 1 fully saturated rings. The molecule has 4 rings (SSSR count). The maximum absolute atomic E-state index is 12.8. The summed E-state index contributed by atoms with van der Waals surface area (Å²) in [6.07, 6.45) is 1.79. The van der Waals surface area contributed by atoms with Crippen molar-refractivity contribution in [2.45, 2.75) is 24.7 Å². The minimum atomic E-state index is -3.46. The lowest BCUT2D eigenvalue weighted by atomic mass is 10.1. The minimum absolute atomic E-state index is 0.246. The number of rotatable bonds is 5. The third-order valence-corrected chi connectivity index (χ3v) is 7.68. The van der Waals surface area contributed by atoms with Crippen molar-refractivity contribution < 1.29 is 13.2 Å². The van der Waals surface area contributed by atoms with E-state index in [4.69, 9.17) is 0 Å². The third kappa shape index (κ3) is 4.10. The van der Waals surface area contributed by atoms with E-state index < -0.39 is 10.0 Å². The third-order valence-electron chi connectivity index (χ3n) is 4.80. The van der Waals surface area contributed by atoms with Gasteiger partial charge in [0.1, 0.15) is 4.88 Å². The number of benzene rings is 2. The fourth-order valence-electron chi connectivity index (χ4n) is 3.35. The number of amides is 1. The molecule has 29 heavy (non-hydrogen) atoms. The Balaban J connectivity index is 1.54.